The number of para-hydroxylation sites is 1. The van der Waals surface area contributed by atoms with Gasteiger partial charge in [0.05, 0.1) is 0 Å². The predicted molar refractivity (Wildman–Crippen MR) is 60.7 cm³/mol. The molecule has 0 saturated carbocycles. The lowest BCUT2D eigenvalue weighted by Gasteiger charge is -2.39. The van der Waals surface area contributed by atoms with Crippen molar-refractivity contribution in [1.82, 2.24) is 4.90 Å². The summed E-state index contributed by atoms with van der Waals surface area (Å²) in [5.74, 6) is 0. The third-order valence-electron chi connectivity index (χ3n) is 3.08. The Bertz CT molecular complexity index is 284. The lowest BCUT2D eigenvalue weighted by molar-refractivity contribution is 0.234. The quantitative estimate of drug-likeness (QED) is 0.666. The molecule has 0 aromatic heterocycles. The van der Waals surface area contributed by atoms with E-state index in [0.717, 1.165) is 19.6 Å². The third-order valence-corrected chi connectivity index (χ3v) is 3.08. The van der Waals surface area contributed by atoms with Crippen LogP contribution in [0.3, 0.4) is 0 Å². The zero-order chi connectivity index (χ0) is 9.97. The highest BCUT2D eigenvalue weighted by molar-refractivity contribution is 5.46. The van der Waals surface area contributed by atoms with E-state index in [0.29, 0.717) is 6.04 Å². The zero-order valence-corrected chi connectivity index (χ0v) is 8.98. The highest BCUT2D eigenvalue weighted by Gasteiger charge is 2.20. The number of benzene rings is 1. The van der Waals surface area contributed by atoms with Crippen molar-refractivity contribution in [2.24, 2.45) is 0 Å². The molecule has 1 heterocycles. The van der Waals surface area contributed by atoms with Gasteiger partial charge in [0.2, 0.25) is 0 Å². The van der Waals surface area contributed by atoms with Gasteiger partial charge in [-0.15, -0.1) is 0 Å². The molecule has 2 heteroatoms. The third kappa shape index (κ3) is 1.90. The SMILES string of the molecule is C[C@@H]1CN(c2ccccc2)CCN1C. The van der Waals surface area contributed by atoms with Gasteiger partial charge in [0, 0.05) is 31.4 Å². The van der Waals surface area contributed by atoms with Gasteiger partial charge in [-0.3, -0.25) is 0 Å². The number of hydrogen-bond acceptors (Lipinski definition) is 2. The molecule has 0 aliphatic carbocycles. The highest BCUT2D eigenvalue weighted by atomic mass is 15.3. The van der Waals surface area contributed by atoms with Crippen molar-refractivity contribution in [3.63, 3.8) is 0 Å². The van der Waals surface area contributed by atoms with Crippen molar-refractivity contribution in [1.29, 1.82) is 0 Å². The molecule has 76 valence electrons. The Morgan fingerprint density at radius 1 is 1.14 bits per heavy atom. The smallest absolute Gasteiger partial charge is 0.0367 e. The maximum absolute atomic E-state index is 2.46. The molecule has 2 nitrogen and oxygen atoms in total. The largest absolute Gasteiger partial charge is 0.369 e. The van der Waals surface area contributed by atoms with Crippen molar-refractivity contribution < 1.29 is 0 Å². The Kier molecular flexibility index (Phi) is 2.73. The first kappa shape index (κ1) is 9.53. The second kappa shape index (κ2) is 4.01. The van der Waals surface area contributed by atoms with Crippen LogP contribution >= 0.6 is 0 Å². The summed E-state index contributed by atoms with van der Waals surface area (Å²) in [7, 11) is 2.20. The highest BCUT2D eigenvalue weighted by Crippen LogP contribution is 2.17. The Labute approximate surface area is 86.1 Å². The minimum Gasteiger partial charge on any atom is -0.369 e. The fourth-order valence-corrected chi connectivity index (χ4v) is 1.92. The molecule has 0 bridgehead atoms. The number of nitrogens with zero attached hydrogens (tertiary/aromatic N) is 2. The van der Waals surface area contributed by atoms with Gasteiger partial charge in [0.15, 0.2) is 0 Å². The van der Waals surface area contributed by atoms with Gasteiger partial charge in [-0.2, -0.15) is 0 Å². The lowest BCUT2D eigenvalue weighted by Crippen LogP contribution is -2.50. The van der Waals surface area contributed by atoms with Crippen LogP contribution in [0.4, 0.5) is 5.69 Å². The molecule has 2 rings (SSSR count). The van der Waals surface area contributed by atoms with Crippen LogP contribution in [0.1, 0.15) is 6.92 Å². The van der Waals surface area contributed by atoms with Crippen LogP contribution in [-0.4, -0.2) is 37.6 Å². The number of piperazine rings is 1. The van der Waals surface area contributed by atoms with Gasteiger partial charge in [-0.1, -0.05) is 18.2 Å². The van der Waals surface area contributed by atoms with Crippen molar-refractivity contribution >= 4 is 5.69 Å². The van der Waals surface area contributed by atoms with E-state index >= 15 is 0 Å². The van der Waals surface area contributed by atoms with Crippen LogP contribution < -0.4 is 4.90 Å². The predicted octanol–water partition coefficient (Wildman–Crippen LogP) is 1.83. The molecule has 0 N–H and O–H groups in total. The first-order valence-corrected chi connectivity index (χ1v) is 5.27. The summed E-state index contributed by atoms with van der Waals surface area (Å²) in [5.41, 5.74) is 1.35. The van der Waals surface area contributed by atoms with Crippen molar-refractivity contribution in [2.75, 3.05) is 31.6 Å². The Morgan fingerprint density at radius 3 is 2.50 bits per heavy atom. The number of rotatable bonds is 1. The normalized spacial score (nSPS) is 23.9. The van der Waals surface area contributed by atoms with Crippen LogP contribution in [-0.2, 0) is 0 Å². The maximum atomic E-state index is 2.46. The topological polar surface area (TPSA) is 6.48 Å². The molecule has 0 unspecified atom stereocenters. The Balaban J connectivity index is 2.07. The van der Waals surface area contributed by atoms with Crippen LogP contribution in [0.25, 0.3) is 0 Å². The molecule has 0 amide bonds. The summed E-state index contributed by atoms with van der Waals surface area (Å²) in [6, 6.07) is 11.3. The van der Waals surface area contributed by atoms with Crippen molar-refractivity contribution in [3.8, 4) is 0 Å². The van der Waals surface area contributed by atoms with E-state index in [9.17, 15) is 0 Å². The molecule has 1 fully saturated rings. The van der Waals surface area contributed by atoms with E-state index in [2.05, 4.69) is 54.1 Å². The van der Waals surface area contributed by atoms with Gasteiger partial charge < -0.3 is 9.80 Å². The first-order valence-electron chi connectivity index (χ1n) is 5.27. The molecule has 1 saturated heterocycles. The Hall–Kier alpha value is -1.02. The summed E-state index contributed by atoms with van der Waals surface area (Å²) in [6.07, 6.45) is 0. The molecule has 1 aliphatic heterocycles. The summed E-state index contributed by atoms with van der Waals surface area (Å²) in [5, 5.41) is 0. The maximum Gasteiger partial charge on any atom is 0.0367 e. The molecular formula is C12H18N2. The van der Waals surface area contributed by atoms with Crippen molar-refractivity contribution in [2.45, 2.75) is 13.0 Å². The van der Waals surface area contributed by atoms with E-state index in [1.807, 2.05) is 0 Å². The average molecular weight is 190 g/mol. The van der Waals surface area contributed by atoms with Crippen molar-refractivity contribution in [3.05, 3.63) is 30.3 Å². The van der Waals surface area contributed by atoms with Gasteiger partial charge >= 0.3 is 0 Å². The van der Waals surface area contributed by atoms with Crippen LogP contribution in [0.5, 0.6) is 0 Å². The average Bonchev–Trinajstić information content (AvgIpc) is 2.23. The van der Waals surface area contributed by atoms with Crippen LogP contribution in [0, 0.1) is 0 Å². The number of anilines is 1. The zero-order valence-electron chi connectivity index (χ0n) is 8.98. The summed E-state index contributed by atoms with van der Waals surface area (Å²) in [6.45, 7) is 5.73. The minimum atomic E-state index is 0.656. The van der Waals surface area contributed by atoms with Gasteiger partial charge in [0.1, 0.15) is 0 Å². The van der Waals surface area contributed by atoms with E-state index in [-0.39, 0.29) is 0 Å². The molecule has 0 spiro atoms. The minimum absolute atomic E-state index is 0.656. The van der Waals surface area contributed by atoms with Gasteiger partial charge in [-0.05, 0) is 26.1 Å². The molecule has 1 aliphatic rings. The summed E-state index contributed by atoms with van der Waals surface area (Å²) >= 11 is 0. The van der Waals surface area contributed by atoms with Gasteiger partial charge in [-0.25, -0.2) is 0 Å². The van der Waals surface area contributed by atoms with Gasteiger partial charge in [0.25, 0.3) is 0 Å². The number of likely N-dealkylation sites (N-methyl/N-ethyl adjacent to an activating group) is 1. The monoisotopic (exact) mass is 190 g/mol. The van der Waals surface area contributed by atoms with E-state index in [4.69, 9.17) is 0 Å². The second-order valence-corrected chi connectivity index (χ2v) is 4.11. The molecular weight excluding hydrogens is 172 g/mol. The standard InChI is InChI=1S/C12H18N2/c1-11-10-14(9-8-13(11)2)12-6-4-3-5-7-12/h3-7,11H,8-10H2,1-2H3/t11-/m1/s1. The van der Waals surface area contributed by atoms with E-state index < -0.39 is 0 Å². The fourth-order valence-electron chi connectivity index (χ4n) is 1.92. The van der Waals surface area contributed by atoms with Crippen LogP contribution in [0.15, 0.2) is 30.3 Å². The second-order valence-electron chi connectivity index (χ2n) is 4.11. The Morgan fingerprint density at radius 2 is 1.86 bits per heavy atom. The molecule has 1 aromatic carbocycles. The molecule has 1 atom stereocenters. The number of hydrogen-bond donors (Lipinski definition) is 0. The molecule has 0 radical (unpaired) electrons. The fraction of sp³-hybridized carbons (Fsp3) is 0.500. The molecule has 1 aromatic rings. The van der Waals surface area contributed by atoms with Crippen LogP contribution in [0.2, 0.25) is 0 Å². The van der Waals surface area contributed by atoms with E-state index in [1.165, 1.54) is 5.69 Å². The summed E-state index contributed by atoms with van der Waals surface area (Å²) in [4.78, 5) is 4.88. The lowest BCUT2D eigenvalue weighted by atomic mass is 10.2. The molecule has 14 heavy (non-hydrogen) atoms. The van der Waals surface area contributed by atoms with E-state index in [1.54, 1.807) is 0 Å². The summed E-state index contributed by atoms with van der Waals surface area (Å²) < 4.78 is 0. The first-order chi connectivity index (χ1) is 6.77.